The predicted octanol–water partition coefficient (Wildman–Crippen LogP) is 6.10. The number of hydrogen-bond donors (Lipinski definition) is 2. The molecule has 2 N–H and O–H groups in total. The van der Waals surface area contributed by atoms with Gasteiger partial charge >= 0.3 is 6.18 Å². The molecule has 0 aromatic carbocycles. The summed E-state index contributed by atoms with van der Waals surface area (Å²) in [4.78, 5) is 0. The van der Waals surface area contributed by atoms with Crippen molar-refractivity contribution in [1.29, 1.82) is 0 Å². The summed E-state index contributed by atoms with van der Waals surface area (Å²) in [5, 5.41) is 19.5. The molecule has 4 saturated carbocycles. The Bertz CT molecular complexity index is 593. The van der Waals surface area contributed by atoms with Gasteiger partial charge in [0, 0.05) is 0 Å². The zero-order valence-electron chi connectivity index (χ0n) is 18.1. The maximum atomic E-state index is 12.6. The fraction of sp³-hybridized carbons (Fsp3) is 1.00. The smallest absolute Gasteiger partial charge is 0.393 e. The SMILES string of the molecule is C[C@]12CC[C@H](O)CC1CCC1C2CC[C@@]2(C)C1CC[C@@H]2CCCC(O)C(F)(F)F. The third-order valence-electron chi connectivity index (χ3n) is 10.2. The van der Waals surface area contributed by atoms with Gasteiger partial charge < -0.3 is 10.2 Å². The van der Waals surface area contributed by atoms with E-state index in [2.05, 4.69) is 13.8 Å². The molecule has 0 bridgehead atoms. The molecule has 5 unspecified atom stereocenters. The minimum absolute atomic E-state index is 0.110. The van der Waals surface area contributed by atoms with Crippen LogP contribution >= 0.6 is 0 Å². The van der Waals surface area contributed by atoms with Crippen molar-refractivity contribution in [3.05, 3.63) is 0 Å². The largest absolute Gasteiger partial charge is 0.414 e. The number of rotatable bonds is 4. The molecule has 0 saturated heterocycles. The Kier molecular flexibility index (Phi) is 5.81. The van der Waals surface area contributed by atoms with Gasteiger partial charge in [-0.2, -0.15) is 13.2 Å². The molecule has 0 aliphatic heterocycles. The van der Waals surface area contributed by atoms with Crippen molar-refractivity contribution in [2.24, 2.45) is 40.4 Å². The highest BCUT2D eigenvalue weighted by Crippen LogP contribution is 2.67. The molecule has 29 heavy (non-hydrogen) atoms. The molecular formula is C24H39F3O2. The third-order valence-corrected chi connectivity index (χ3v) is 10.2. The fourth-order valence-electron chi connectivity index (χ4n) is 8.54. The second kappa shape index (κ2) is 7.69. The van der Waals surface area contributed by atoms with E-state index in [-0.39, 0.29) is 17.9 Å². The van der Waals surface area contributed by atoms with Crippen LogP contribution in [0.3, 0.4) is 0 Å². The first-order valence-electron chi connectivity index (χ1n) is 12.0. The van der Waals surface area contributed by atoms with Gasteiger partial charge in [0.2, 0.25) is 0 Å². The van der Waals surface area contributed by atoms with Crippen molar-refractivity contribution in [1.82, 2.24) is 0 Å². The van der Waals surface area contributed by atoms with Crippen molar-refractivity contribution >= 4 is 0 Å². The van der Waals surface area contributed by atoms with Crippen molar-refractivity contribution in [2.45, 2.75) is 109 Å². The maximum absolute atomic E-state index is 12.6. The van der Waals surface area contributed by atoms with Gasteiger partial charge in [0.05, 0.1) is 6.10 Å². The van der Waals surface area contributed by atoms with Crippen LogP contribution in [0.5, 0.6) is 0 Å². The van der Waals surface area contributed by atoms with E-state index < -0.39 is 12.3 Å². The zero-order valence-corrected chi connectivity index (χ0v) is 18.1. The van der Waals surface area contributed by atoms with Crippen molar-refractivity contribution in [3.8, 4) is 0 Å². The van der Waals surface area contributed by atoms with Crippen molar-refractivity contribution in [2.75, 3.05) is 0 Å². The average Bonchev–Trinajstić information content (AvgIpc) is 2.98. The van der Waals surface area contributed by atoms with Crippen LogP contribution in [0.25, 0.3) is 0 Å². The van der Waals surface area contributed by atoms with E-state index in [0.717, 1.165) is 43.9 Å². The van der Waals surface area contributed by atoms with Gasteiger partial charge in [0.25, 0.3) is 0 Å². The van der Waals surface area contributed by atoms with Crippen LogP contribution in [-0.2, 0) is 0 Å². The molecule has 0 radical (unpaired) electrons. The predicted molar refractivity (Wildman–Crippen MR) is 107 cm³/mol. The minimum atomic E-state index is -4.48. The number of hydrogen-bond acceptors (Lipinski definition) is 2. The average molecular weight is 417 g/mol. The summed E-state index contributed by atoms with van der Waals surface area (Å²) in [6, 6.07) is 0. The van der Waals surface area contributed by atoms with E-state index in [9.17, 15) is 23.4 Å². The minimum Gasteiger partial charge on any atom is -0.393 e. The molecule has 0 aromatic heterocycles. The first-order chi connectivity index (χ1) is 13.6. The molecule has 0 spiro atoms. The lowest BCUT2D eigenvalue weighted by molar-refractivity contribution is -0.205. The van der Waals surface area contributed by atoms with Crippen LogP contribution < -0.4 is 0 Å². The van der Waals surface area contributed by atoms with Gasteiger partial charge in [-0.3, -0.25) is 0 Å². The Hall–Kier alpha value is -0.290. The summed E-state index contributed by atoms with van der Waals surface area (Å²) < 4.78 is 37.8. The van der Waals surface area contributed by atoms with E-state index in [1.54, 1.807) is 0 Å². The van der Waals surface area contributed by atoms with E-state index in [1.807, 2.05) is 0 Å². The van der Waals surface area contributed by atoms with Crippen LogP contribution in [0.15, 0.2) is 0 Å². The number of fused-ring (bicyclic) bond motifs is 5. The Morgan fingerprint density at radius 3 is 2.34 bits per heavy atom. The first-order valence-corrected chi connectivity index (χ1v) is 12.0. The lowest BCUT2D eigenvalue weighted by Crippen LogP contribution is -2.53. The lowest BCUT2D eigenvalue weighted by atomic mass is 9.44. The maximum Gasteiger partial charge on any atom is 0.414 e. The van der Waals surface area contributed by atoms with Crippen LogP contribution in [0, 0.1) is 40.4 Å². The van der Waals surface area contributed by atoms with Gasteiger partial charge in [-0.15, -0.1) is 0 Å². The van der Waals surface area contributed by atoms with Crippen LogP contribution in [-0.4, -0.2) is 28.6 Å². The topological polar surface area (TPSA) is 40.5 Å². The first kappa shape index (κ1) is 21.9. The second-order valence-electron chi connectivity index (χ2n) is 11.4. The molecule has 4 fully saturated rings. The third kappa shape index (κ3) is 3.77. The van der Waals surface area contributed by atoms with Crippen LogP contribution in [0.4, 0.5) is 13.2 Å². The van der Waals surface area contributed by atoms with Crippen molar-refractivity contribution in [3.63, 3.8) is 0 Å². The molecule has 9 atom stereocenters. The summed E-state index contributed by atoms with van der Waals surface area (Å²) in [6.45, 7) is 4.92. The number of halogens is 3. The normalized spacial score (nSPS) is 48.5. The Morgan fingerprint density at radius 2 is 1.62 bits per heavy atom. The van der Waals surface area contributed by atoms with E-state index >= 15 is 0 Å². The molecule has 0 aromatic rings. The molecule has 0 amide bonds. The summed E-state index contributed by atoms with van der Waals surface area (Å²) in [5.74, 6) is 3.41. The van der Waals surface area contributed by atoms with Crippen LogP contribution in [0.1, 0.15) is 90.9 Å². The highest BCUT2D eigenvalue weighted by Gasteiger charge is 2.59. The number of alkyl halides is 3. The Morgan fingerprint density at radius 1 is 0.931 bits per heavy atom. The van der Waals surface area contributed by atoms with E-state index in [4.69, 9.17) is 0 Å². The molecule has 2 nitrogen and oxygen atoms in total. The molecule has 4 aliphatic rings. The molecule has 4 rings (SSSR count). The second-order valence-corrected chi connectivity index (χ2v) is 11.4. The zero-order chi connectivity index (χ0) is 21.0. The monoisotopic (exact) mass is 416 g/mol. The van der Waals surface area contributed by atoms with E-state index in [1.165, 1.54) is 32.1 Å². The summed E-state index contributed by atoms with van der Waals surface area (Å²) in [7, 11) is 0. The molecule has 4 aliphatic carbocycles. The van der Waals surface area contributed by atoms with Gasteiger partial charge in [0.1, 0.15) is 6.10 Å². The quantitative estimate of drug-likeness (QED) is 0.581. The fourth-order valence-corrected chi connectivity index (χ4v) is 8.54. The molecule has 168 valence electrons. The van der Waals surface area contributed by atoms with Crippen LogP contribution in [0.2, 0.25) is 0 Å². The van der Waals surface area contributed by atoms with Crippen molar-refractivity contribution < 1.29 is 23.4 Å². The van der Waals surface area contributed by atoms with Gasteiger partial charge in [-0.1, -0.05) is 20.3 Å². The summed E-state index contributed by atoms with van der Waals surface area (Å²) in [5.41, 5.74) is 0.639. The van der Waals surface area contributed by atoms with Gasteiger partial charge in [-0.25, -0.2) is 0 Å². The Labute approximate surface area is 173 Å². The standard InChI is InChI=1S/C24H39F3O2/c1-22-13-11-20-18(8-6-16-14-17(28)10-12-23(16,20)2)19(22)9-7-15(22)4-3-5-21(29)24(25,26)27/h15-21,28-29H,3-14H2,1-2H3/t15-,16?,17-,18?,19?,20?,21?,22+,23-/m0/s1. The molecular weight excluding hydrogens is 377 g/mol. The van der Waals surface area contributed by atoms with Gasteiger partial charge in [-0.05, 0) is 111 Å². The summed E-state index contributed by atoms with van der Waals surface area (Å²) >= 11 is 0. The summed E-state index contributed by atoms with van der Waals surface area (Å²) in [6.07, 6.45) is 4.80. The highest BCUT2D eigenvalue weighted by molar-refractivity contribution is 5.09. The molecule has 0 heterocycles. The number of aliphatic hydroxyl groups excluding tert-OH is 2. The van der Waals surface area contributed by atoms with E-state index in [0.29, 0.717) is 29.6 Å². The number of aliphatic hydroxyl groups is 2. The molecule has 5 heteroatoms. The Balaban J connectivity index is 1.41. The van der Waals surface area contributed by atoms with Gasteiger partial charge in [0.15, 0.2) is 0 Å². The lowest BCUT2D eigenvalue weighted by Gasteiger charge is -2.61. The highest BCUT2D eigenvalue weighted by atomic mass is 19.4.